The summed E-state index contributed by atoms with van der Waals surface area (Å²) in [6.45, 7) is 1.90. The minimum atomic E-state index is 0.559. The van der Waals surface area contributed by atoms with Gasteiger partial charge in [-0.2, -0.15) is 0 Å². The van der Waals surface area contributed by atoms with Crippen LogP contribution < -0.4 is 4.74 Å². The number of hydrogen-bond donors (Lipinski definition) is 0. The Kier molecular flexibility index (Phi) is 2.00. The van der Waals surface area contributed by atoms with E-state index < -0.39 is 0 Å². The van der Waals surface area contributed by atoms with Gasteiger partial charge in [0.05, 0.1) is 24.3 Å². The van der Waals surface area contributed by atoms with Gasteiger partial charge < -0.3 is 9.15 Å². The van der Waals surface area contributed by atoms with Gasteiger partial charge in [-0.1, -0.05) is 0 Å². The second-order valence-corrected chi connectivity index (χ2v) is 3.10. The van der Waals surface area contributed by atoms with E-state index in [2.05, 4.69) is 0 Å². The first kappa shape index (κ1) is 8.81. The SMILES string of the molecule is COc1c(C)cc(C=O)c2occc12. The second-order valence-electron chi connectivity index (χ2n) is 3.10. The number of furan rings is 1. The molecule has 0 saturated carbocycles. The third-order valence-corrected chi connectivity index (χ3v) is 2.23. The summed E-state index contributed by atoms with van der Waals surface area (Å²) in [5.74, 6) is 0.763. The summed E-state index contributed by atoms with van der Waals surface area (Å²) >= 11 is 0. The number of methoxy groups -OCH3 is 1. The predicted octanol–water partition coefficient (Wildman–Crippen LogP) is 2.56. The van der Waals surface area contributed by atoms with E-state index in [-0.39, 0.29) is 0 Å². The topological polar surface area (TPSA) is 39.4 Å². The molecule has 14 heavy (non-hydrogen) atoms. The zero-order chi connectivity index (χ0) is 10.1. The molecule has 0 N–H and O–H groups in total. The highest BCUT2D eigenvalue weighted by molar-refractivity contribution is 5.98. The van der Waals surface area contributed by atoms with Crippen molar-refractivity contribution in [1.82, 2.24) is 0 Å². The lowest BCUT2D eigenvalue weighted by molar-refractivity contribution is 0.112. The average Bonchev–Trinajstić information content (AvgIpc) is 2.65. The van der Waals surface area contributed by atoms with Gasteiger partial charge in [0.15, 0.2) is 6.29 Å². The van der Waals surface area contributed by atoms with Gasteiger partial charge in [-0.25, -0.2) is 0 Å². The van der Waals surface area contributed by atoms with Crippen LogP contribution in [0.3, 0.4) is 0 Å². The summed E-state index contributed by atoms with van der Waals surface area (Å²) in [5.41, 5.74) is 2.08. The Morgan fingerprint density at radius 1 is 1.50 bits per heavy atom. The Bertz CT molecular complexity index is 482. The van der Waals surface area contributed by atoms with E-state index in [1.807, 2.05) is 6.92 Å². The van der Waals surface area contributed by atoms with Crippen molar-refractivity contribution in [2.75, 3.05) is 7.11 Å². The van der Waals surface area contributed by atoms with Crippen molar-refractivity contribution in [2.24, 2.45) is 0 Å². The number of carbonyl (C=O) groups excluding carboxylic acids is 1. The molecule has 1 heterocycles. The lowest BCUT2D eigenvalue weighted by Gasteiger charge is -2.06. The van der Waals surface area contributed by atoms with E-state index in [0.717, 1.165) is 23.0 Å². The maximum absolute atomic E-state index is 10.8. The molecule has 0 bridgehead atoms. The zero-order valence-electron chi connectivity index (χ0n) is 8.03. The molecule has 2 rings (SSSR count). The minimum absolute atomic E-state index is 0.559. The number of aldehydes is 1. The number of hydrogen-bond acceptors (Lipinski definition) is 3. The van der Waals surface area contributed by atoms with E-state index in [4.69, 9.17) is 9.15 Å². The fraction of sp³-hybridized carbons (Fsp3) is 0.182. The molecule has 0 amide bonds. The lowest BCUT2D eigenvalue weighted by atomic mass is 10.1. The van der Waals surface area contributed by atoms with Crippen LogP contribution in [0, 0.1) is 6.92 Å². The van der Waals surface area contributed by atoms with Crippen molar-refractivity contribution in [1.29, 1.82) is 0 Å². The monoisotopic (exact) mass is 190 g/mol. The van der Waals surface area contributed by atoms with E-state index in [9.17, 15) is 4.79 Å². The predicted molar refractivity (Wildman–Crippen MR) is 52.9 cm³/mol. The van der Waals surface area contributed by atoms with Crippen molar-refractivity contribution >= 4 is 17.3 Å². The Balaban J connectivity index is 2.88. The molecule has 1 aromatic heterocycles. The van der Waals surface area contributed by atoms with Crippen LogP contribution in [0.15, 0.2) is 22.8 Å². The number of rotatable bonds is 2. The van der Waals surface area contributed by atoms with Crippen LogP contribution in [0.4, 0.5) is 0 Å². The molecule has 0 spiro atoms. The summed E-state index contributed by atoms with van der Waals surface area (Å²) in [6, 6.07) is 3.56. The molecule has 0 atom stereocenters. The second kappa shape index (κ2) is 3.18. The largest absolute Gasteiger partial charge is 0.496 e. The van der Waals surface area contributed by atoms with Gasteiger partial charge in [-0.15, -0.1) is 0 Å². The van der Waals surface area contributed by atoms with Gasteiger partial charge in [0.25, 0.3) is 0 Å². The maximum Gasteiger partial charge on any atom is 0.153 e. The summed E-state index contributed by atoms with van der Waals surface area (Å²) in [6.07, 6.45) is 2.35. The lowest BCUT2D eigenvalue weighted by Crippen LogP contribution is -1.90. The van der Waals surface area contributed by atoms with Crippen molar-refractivity contribution < 1.29 is 13.9 Å². The third kappa shape index (κ3) is 1.09. The molecule has 0 fully saturated rings. The summed E-state index contributed by atoms with van der Waals surface area (Å²) in [4.78, 5) is 10.8. The van der Waals surface area contributed by atoms with Crippen LogP contribution in [-0.4, -0.2) is 13.4 Å². The van der Waals surface area contributed by atoms with Crippen molar-refractivity contribution in [3.63, 3.8) is 0 Å². The molecule has 0 unspecified atom stereocenters. The normalized spacial score (nSPS) is 10.4. The summed E-state index contributed by atoms with van der Waals surface area (Å²) < 4.78 is 10.5. The first-order chi connectivity index (χ1) is 6.77. The highest BCUT2D eigenvalue weighted by atomic mass is 16.5. The maximum atomic E-state index is 10.8. The van der Waals surface area contributed by atoms with Gasteiger partial charge in [0.2, 0.25) is 0 Å². The quantitative estimate of drug-likeness (QED) is 0.683. The summed E-state index contributed by atoms with van der Waals surface area (Å²) in [7, 11) is 1.61. The summed E-state index contributed by atoms with van der Waals surface area (Å²) in [5, 5.41) is 0.842. The van der Waals surface area contributed by atoms with Crippen LogP contribution >= 0.6 is 0 Å². The van der Waals surface area contributed by atoms with Gasteiger partial charge in [0.1, 0.15) is 11.3 Å². The van der Waals surface area contributed by atoms with Crippen LogP contribution in [-0.2, 0) is 0 Å². The molecule has 72 valence electrons. The van der Waals surface area contributed by atoms with Crippen LogP contribution in [0.2, 0.25) is 0 Å². The van der Waals surface area contributed by atoms with Crippen LogP contribution in [0.5, 0.6) is 5.75 Å². The van der Waals surface area contributed by atoms with E-state index in [1.165, 1.54) is 0 Å². The van der Waals surface area contributed by atoms with E-state index >= 15 is 0 Å². The van der Waals surface area contributed by atoms with Crippen LogP contribution in [0.1, 0.15) is 15.9 Å². The van der Waals surface area contributed by atoms with E-state index in [0.29, 0.717) is 11.1 Å². The minimum Gasteiger partial charge on any atom is -0.496 e. The molecule has 0 aliphatic heterocycles. The molecule has 2 aromatic rings. The molecule has 1 aromatic carbocycles. The molecule has 0 saturated heterocycles. The molecule has 0 radical (unpaired) electrons. The molecule has 0 aliphatic rings. The number of benzene rings is 1. The first-order valence-electron chi connectivity index (χ1n) is 4.28. The molecule has 3 heteroatoms. The van der Waals surface area contributed by atoms with Gasteiger partial charge in [0, 0.05) is 0 Å². The smallest absolute Gasteiger partial charge is 0.153 e. The van der Waals surface area contributed by atoms with Crippen molar-refractivity contribution in [3.8, 4) is 5.75 Å². The fourth-order valence-corrected chi connectivity index (χ4v) is 1.65. The average molecular weight is 190 g/mol. The zero-order valence-corrected chi connectivity index (χ0v) is 8.03. The number of aryl methyl sites for hydroxylation is 1. The van der Waals surface area contributed by atoms with Crippen molar-refractivity contribution in [3.05, 3.63) is 29.5 Å². The van der Waals surface area contributed by atoms with Gasteiger partial charge in [-0.3, -0.25) is 4.79 Å². The fourth-order valence-electron chi connectivity index (χ4n) is 1.65. The van der Waals surface area contributed by atoms with Crippen LogP contribution in [0.25, 0.3) is 11.0 Å². The Hall–Kier alpha value is -1.77. The van der Waals surface area contributed by atoms with Crippen molar-refractivity contribution in [2.45, 2.75) is 6.92 Å². The highest BCUT2D eigenvalue weighted by Gasteiger charge is 2.11. The number of fused-ring (bicyclic) bond motifs is 1. The highest BCUT2D eigenvalue weighted by Crippen LogP contribution is 2.32. The molecule has 0 aliphatic carbocycles. The molecular formula is C11H10O3. The van der Waals surface area contributed by atoms with E-state index in [1.54, 1.807) is 25.5 Å². The Morgan fingerprint density at radius 2 is 2.29 bits per heavy atom. The Labute approximate surface area is 81.3 Å². The third-order valence-electron chi connectivity index (χ3n) is 2.23. The van der Waals surface area contributed by atoms with Gasteiger partial charge >= 0.3 is 0 Å². The standard InChI is InChI=1S/C11H10O3/c1-7-5-8(6-12)11-9(3-4-14-11)10(7)13-2/h3-6H,1-2H3. The van der Waals surface area contributed by atoms with Gasteiger partial charge in [-0.05, 0) is 24.6 Å². The molecular weight excluding hydrogens is 180 g/mol. The molecule has 3 nitrogen and oxygen atoms in total. The first-order valence-corrected chi connectivity index (χ1v) is 4.28. The number of carbonyl (C=O) groups is 1. The number of ether oxygens (including phenoxy) is 1. The Morgan fingerprint density at radius 3 is 2.93 bits per heavy atom.